The average molecular weight is 413 g/mol. The van der Waals surface area contributed by atoms with Gasteiger partial charge in [0.25, 0.3) is 0 Å². The van der Waals surface area contributed by atoms with Gasteiger partial charge in [-0.3, -0.25) is 10.1 Å². The highest BCUT2D eigenvalue weighted by molar-refractivity contribution is 7.22. The van der Waals surface area contributed by atoms with Gasteiger partial charge in [-0.15, -0.1) is 0 Å². The van der Waals surface area contributed by atoms with Crippen molar-refractivity contribution in [3.63, 3.8) is 0 Å². The van der Waals surface area contributed by atoms with Crippen molar-refractivity contribution in [1.82, 2.24) is 4.98 Å². The monoisotopic (exact) mass is 412 g/mol. The van der Waals surface area contributed by atoms with Gasteiger partial charge in [0.15, 0.2) is 16.6 Å². The molecule has 3 aromatic rings. The van der Waals surface area contributed by atoms with Crippen molar-refractivity contribution in [3.05, 3.63) is 48.0 Å². The predicted molar refractivity (Wildman–Crippen MR) is 117 cm³/mol. The number of carbonyl (C=O) groups excluding carboxylic acids is 1. The maximum atomic E-state index is 12.3. The smallest absolute Gasteiger partial charge is 0.250 e. The SMILES string of the molecule is CCCCOc1ccc2nc(NC(=O)/C=C/c3ccc(OC)c(OC)c3)sc2c1. The molecule has 0 fully saturated rings. The summed E-state index contributed by atoms with van der Waals surface area (Å²) in [6.07, 6.45) is 5.29. The number of rotatable bonds is 9. The number of nitrogens with one attached hydrogen (secondary N) is 1. The Labute approximate surface area is 174 Å². The molecule has 0 spiro atoms. The number of anilines is 1. The second kappa shape index (κ2) is 9.93. The van der Waals surface area contributed by atoms with E-state index in [9.17, 15) is 4.79 Å². The molecule has 0 unspecified atom stereocenters. The molecule has 3 rings (SSSR count). The standard InChI is InChI=1S/C22H24N2O4S/c1-4-5-12-28-16-8-9-17-20(14-16)29-22(23-17)24-21(25)11-7-15-6-10-18(26-2)19(13-15)27-3/h6-11,13-14H,4-5,12H2,1-3H3,(H,23,24,25)/b11-7+. The van der Waals surface area contributed by atoms with Crippen molar-refractivity contribution in [2.45, 2.75) is 19.8 Å². The number of hydrogen-bond acceptors (Lipinski definition) is 6. The molecular formula is C22H24N2O4S. The van der Waals surface area contributed by atoms with Gasteiger partial charge in [0, 0.05) is 6.08 Å². The molecule has 0 atom stereocenters. The number of thiazole rings is 1. The Kier molecular flexibility index (Phi) is 7.08. The summed E-state index contributed by atoms with van der Waals surface area (Å²) < 4.78 is 17.2. The lowest BCUT2D eigenvalue weighted by molar-refractivity contribution is -0.111. The minimum Gasteiger partial charge on any atom is -0.494 e. The lowest BCUT2D eigenvalue weighted by Crippen LogP contribution is -2.07. The second-order valence-electron chi connectivity index (χ2n) is 6.29. The largest absolute Gasteiger partial charge is 0.494 e. The third-order valence-corrected chi connectivity index (χ3v) is 5.13. The molecule has 152 valence electrons. The van der Waals surface area contributed by atoms with E-state index in [0.29, 0.717) is 23.2 Å². The van der Waals surface area contributed by atoms with Crippen LogP contribution in [0.3, 0.4) is 0 Å². The fraction of sp³-hybridized carbons (Fsp3) is 0.273. The van der Waals surface area contributed by atoms with Crippen molar-refractivity contribution in [3.8, 4) is 17.2 Å². The van der Waals surface area contributed by atoms with Crippen molar-refractivity contribution in [1.29, 1.82) is 0 Å². The van der Waals surface area contributed by atoms with Crippen LogP contribution < -0.4 is 19.5 Å². The minimum absolute atomic E-state index is 0.252. The van der Waals surface area contributed by atoms with Crippen molar-refractivity contribution < 1.29 is 19.0 Å². The number of hydrogen-bond donors (Lipinski definition) is 1. The summed E-state index contributed by atoms with van der Waals surface area (Å²) in [5.41, 5.74) is 1.66. The van der Waals surface area contributed by atoms with Crippen LogP contribution in [0.15, 0.2) is 42.5 Å². The Morgan fingerprint density at radius 2 is 1.97 bits per heavy atom. The van der Waals surface area contributed by atoms with Crippen LogP contribution in [0, 0.1) is 0 Å². The maximum Gasteiger partial charge on any atom is 0.250 e. The summed E-state index contributed by atoms with van der Waals surface area (Å²) in [7, 11) is 3.16. The Bertz CT molecular complexity index is 1010. The molecular weight excluding hydrogens is 388 g/mol. The number of fused-ring (bicyclic) bond motifs is 1. The number of aromatic nitrogens is 1. The van der Waals surface area contributed by atoms with Crippen LogP contribution >= 0.6 is 11.3 Å². The second-order valence-corrected chi connectivity index (χ2v) is 7.32. The molecule has 0 aliphatic rings. The zero-order valence-corrected chi connectivity index (χ0v) is 17.5. The number of methoxy groups -OCH3 is 2. The first-order valence-corrected chi connectivity index (χ1v) is 10.2. The number of amides is 1. The first-order valence-electron chi connectivity index (χ1n) is 9.37. The normalized spacial score (nSPS) is 11.0. The highest BCUT2D eigenvalue weighted by atomic mass is 32.1. The summed E-state index contributed by atoms with van der Waals surface area (Å²) in [5.74, 6) is 1.82. The van der Waals surface area contributed by atoms with Crippen molar-refractivity contribution in [2.75, 3.05) is 26.1 Å². The Morgan fingerprint density at radius 1 is 1.14 bits per heavy atom. The van der Waals surface area contributed by atoms with E-state index in [-0.39, 0.29) is 5.91 Å². The van der Waals surface area contributed by atoms with E-state index in [1.54, 1.807) is 32.4 Å². The van der Waals surface area contributed by atoms with Crippen LogP contribution in [0.1, 0.15) is 25.3 Å². The molecule has 0 saturated heterocycles. The van der Waals surface area contributed by atoms with Gasteiger partial charge in [0.05, 0.1) is 31.0 Å². The van der Waals surface area contributed by atoms with Crippen molar-refractivity contribution in [2.24, 2.45) is 0 Å². The average Bonchev–Trinajstić information content (AvgIpc) is 3.13. The summed E-state index contributed by atoms with van der Waals surface area (Å²) in [4.78, 5) is 16.7. The first kappa shape index (κ1) is 20.7. The summed E-state index contributed by atoms with van der Waals surface area (Å²) in [5, 5.41) is 3.36. The van der Waals surface area contributed by atoms with Gasteiger partial charge in [0.1, 0.15) is 5.75 Å². The fourth-order valence-electron chi connectivity index (χ4n) is 2.66. The maximum absolute atomic E-state index is 12.3. The minimum atomic E-state index is -0.252. The van der Waals surface area contributed by atoms with Gasteiger partial charge in [0.2, 0.25) is 5.91 Å². The molecule has 0 saturated carbocycles. The van der Waals surface area contributed by atoms with E-state index in [1.807, 2.05) is 24.3 Å². The lowest BCUT2D eigenvalue weighted by Gasteiger charge is -2.07. The Hall–Kier alpha value is -3.06. The van der Waals surface area contributed by atoms with Crippen LogP contribution in [-0.2, 0) is 4.79 Å². The number of benzene rings is 2. The van der Waals surface area contributed by atoms with E-state index in [2.05, 4.69) is 17.2 Å². The molecule has 1 amide bonds. The first-order chi connectivity index (χ1) is 14.1. The highest BCUT2D eigenvalue weighted by Crippen LogP contribution is 2.30. The van der Waals surface area contributed by atoms with E-state index < -0.39 is 0 Å². The molecule has 0 bridgehead atoms. The van der Waals surface area contributed by atoms with Gasteiger partial charge in [-0.05, 0) is 48.4 Å². The molecule has 29 heavy (non-hydrogen) atoms. The van der Waals surface area contributed by atoms with E-state index in [1.165, 1.54) is 17.4 Å². The van der Waals surface area contributed by atoms with Crippen LogP contribution in [0.4, 0.5) is 5.13 Å². The van der Waals surface area contributed by atoms with Crippen molar-refractivity contribution >= 4 is 38.7 Å². The van der Waals surface area contributed by atoms with E-state index >= 15 is 0 Å². The molecule has 2 aromatic carbocycles. The molecule has 0 radical (unpaired) electrons. The van der Waals surface area contributed by atoms with Gasteiger partial charge in [-0.25, -0.2) is 4.98 Å². The zero-order chi connectivity index (χ0) is 20.6. The summed E-state index contributed by atoms with van der Waals surface area (Å²) in [6.45, 7) is 2.83. The summed E-state index contributed by atoms with van der Waals surface area (Å²) in [6, 6.07) is 11.2. The number of nitrogens with zero attached hydrogens (tertiary/aromatic N) is 1. The van der Waals surface area contributed by atoms with Gasteiger partial charge >= 0.3 is 0 Å². The van der Waals surface area contributed by atoms with Crippen LogP contribution in [-0.4, -0.2) is 31.7 Å². The quantitative estimate of drug-likeness (QED) is 0.389. The lowest BCUT2D eigenvalue weighted by atomic mass is 10.2. The third-order valence-electron chi connectivity index (χ3n) is 4.19. The molecule has 0 aliphatic heterocycles. The fourth-order valence-corrected chi connectivity index (χ4v) is 3.56. The molecule has 1 aromatic heterocycles. The molecule has 1 N–H and O–H groups in total. The highest BCUT2D eigenvalue weighted by Gasteiger charge is 2.08. The molecule has 1 heterocycles. The van der Waals surface area contributed by atoms with Gasteiger partial charge in [-0.1, -0.05) is 30.7 Å². The van der Waals surface area contributed by atoms with Crippen LogP contribution in [0.2, 0.25) is 0 Å². The molecule has 0 aliphatic carbocycles. The van der Waals surface area contributed by atoms with Gasteiger partial charge in [-0.2, -0.15) is 0 Å². The number of carbonyl (C=O) groups is 1. The van der Waals surface area contributed by atoms with Gasteiger partial charge < -0.3 is 14.2 Å². The predicted octanol–water partition coefficient (Wildman–Crippen LogP) is 5.14. The van der Waals surface area contributed by atoms with Crippen LogP contribution in [0.5, 0.6) is 17.2 Å². The Balaban J connectivity index is 1.65. The van der Waals surface area contributed by atoms with E-state index in [4.69, 9.17) is 14.2 Å². The number of unbranched alkanes of at least 4 members (excludes halogenated alkanes) is 1. The molecule has 7 heteroatoms. The molecule has 6 nitrogen and oxygen atoms in total. The Morgan fingerprint density at radius 3 is 2.72 bits per heavy atom. The third kappa shape index (κ3) is 5.48. The van der Waals surface area contributed by atoms with E-state index in [0.717, 1.165) is 34.4 Å². The van der Waals surface area contributed by atoms with Crippen LogP contribution in [0.25, 0.3) is 16.3 Å². The summed E-state index contributed by atoms with van der Waals surface area (Å²) >= 11 is 1.42. The number of ether oxygens (including phenoxy) is 3. The topological polar surface area (TPSA) is 69.7 Å². The zero-order valence-electron chi connectivity index (χ0n) is 16.7.